The lowest BCUT2D eigenvalue weighted by molar-refractivity contribution is -0.122. The molecule has 1 N–H and O–H groups in total. The lowest BCUT2D eigenvalue weighted by Gasteiger charge is -2.15. The highest BCUT2D eigenvalue weighted by atomic mass is 79.9. The van der Waals surface area contributed by atoms with Crippen LogP contribution in [-0.2, 0) is 17.9 Å². The quantitative estimate of drug-likeness (QED) is 0.816. The van der Waals surface area contributed by atoms with Gasteiger partial charge >= 0.3 is 5.69 Å². The molecule has 0 bridgehead atoms. The number of hydrogen-bond acceptors (Lipinski definition) is 4. The molecule has 0 radical (unpaired) electrons. The van der Waals surface area contributed by atoms with Crippen LogP contribution < -0.4 is 16.6 Å². The number of nitrogens with one attached hydrogen (secondary N) is 1. The normalized spacial score (nSPS) is 11.6. The lowest BCUT2D eigenvalue weighted by atomic mass is 10.1. The smallest absolute Gasteiger partial charge is 0.331 e. The Morgan fingerprint density at radius 2 is 1.96 bits per heavy atom. The minimum absolute atomic E-state index is 0.171. The fourth-order valence-corrected chi connectivity index (χ4v) is 2.63. The standard InChI is InChI=1S/C17H17BrN4O3/c1-3-21-9-13(8-19)16(24)22(17(21)25)10-15(23)20-11(2)12-4-6-14(18)7-5-12/h4-7,9,11H,3,10H2,1-2H3,(H,20,23). The minimum atomic E-state index is -0.761. The molecule has 7 nitrogen and oxygen atoms in total. The van der Waals surface area contributed by atoms with Crippen molar-refractivity contribution in [2.75, 3.05) is 0 Å². The van der Waals surface area contributed by atoms with E-state index in [1.807, 2.05) is 24.3 Å². The van der Waals surface area contributed by atoms with Gasteiger partial charge in [0.2, 0.25) is 5.91 Å². The van der Waals surface area contributed by atoms with Gasteiger partial charge in [0, 0.05) is 17.2 Å². The molecule has 0 aliphatic heterocycles. The number of rotatable bonds is 5. The summed E-state index contributed by atoms with van der Waals surface area (Å²) in [6.07, 6.45) is 1.21. The summed E-state index contributed by atoms with van der Waals surface area (Å²) in [4.78, 5) is 36.7. The summed E-state index contributed by atoms with van der Waals surface area (Å²) in [6, 6.07) is 8.91. The maximum Gasteiger partial charge on any atom is 0.331 e. The average Bonchev–Trinajstić information content (AvgIpc) is 2.59. The molecule has 130 valence electrons. The molecule has 8 heteroatoms. The molecule has 0 saturated heterocycles. The molecule has 0 aliphatic rings. The first kappa shape index (κ1) is 18.7. The summed E-state index contributed by atoms with van der Waals surface area (Å²) in [6.45, 7) is 3.38. The van der Waals surface area contributed by atoms with E-state index in [2.05, 4.69) is 21.2 Å². The Hall–Kier alpha value is -2.66. The first-order valence-electron chi connectivity index (χ1n) is 7.66. The molecule has 2 rings (SSSR count). The average molecular weight is 405 g/mol. The number of hydrogen-bond donors (Lipinski definition) is 1. The summed E-state index contributed by atoms with van der Waals surface area (Å²) < 4.78 is 2.94. The van der Waals surface area contributed by atoms with Crippen molar-refractivity contribution in [1.29, 1.82) is 5.26 Å². The van der Waals surface area contributed by atoms with Crippen molar-refractivity contribution in [2.24, 2.45) is 0 Å². The first-order valence-corrected chi connectivity index (χ1v) is 8.45. The molecule has 0 aliphatic carbocycles. The zero-order valence-corrected chi connectivity index (χ0v) is 15.4. The Morgan fingerprint density at radius 3 is 2.52 bits per heavy atom. The predicted octanol–water partition coefficient (Wildman–Crippen LogP) is 1.54. The van der Waals surface area contributed by atoms with Crippen LogP contribution in [0.25, 0.3) is 0 Å². The topological polar surface area (TPSA) is 96.9 Å². The summed E-state index contributed by atoms with van der Waals surface area (Å²) in [5.41, 5.74) is -0.655. The van der Waals surface area contributed by atoms with Gasteiger partial charge in [-0.2, -0.15) is 5.26 Å². The van der Waals surface area contributed by atoms with Gasteiger partial charge in [0.15, 0.2) is 0 Å². The Morgan fingerprint density at radius 1 is 1.32 bits per heavy atom. The maximum atomic E-state index is 12.3. The fourth-order valence-electron chi connectivity index (χ4n) is 2.36. The third kappa shape index (κ3) is 4.25. The lowest BCUT2D eigenvalue weighted by Crippen LogP contribution is -2.44. The Bertz CT molecular complexity index is 938. The molecule has 0 saturated carbocycles. The monoisotopic (exact) mass is 404 g/mol. The molecular weight excluding hydrogens is 388 g/mol. The minimum Gasteiger partial charge on any atom is -0.348 e. The van der Waals surface area contributed by atoms with Gasteiger partial charge < -0.3 is 5.32 Å². The Kier molecular flexibility index (Phi) is 5.93. The maximum absolute atomic E-state index is 12.3. The van der Waals surface area contributed by atoms with E-state index in [1.165, 1.54) is 10.8 Å². The van der Waals surface area contributed by atoms with Crippen LogP contribution in [0.3, 0.4) is 0 Å². The van der Waals surface area contributed by atoms with E-state index >= 15 is 0 Å². The van der Waals surface area contributed by atoms with E-state index in [4.69, 9.17) is 5.26 Å². The van der Waals surface area contributed by atoms with Crippen LogP contribution in [0.5, 0.6) is 0 Å². The number of benzene rings is 1. The number of aromatic nitrogens is 2. The van der Waals surface area contributed by atoms with Gasteiger partial charge in [0.05, 0.1) is 6.04 Å². The summed E-state index contributed by atoms with van der Waals surface area (Å²) >= 11 is 3.34. The molecule has 1 atom stereocenters. The second-order valence-electron chi connectivity index (χ2n) is 5.46. The van der Waals surface area contributed by atoms with Gasteiger partial charge in [-0.25, -0.2) is 9.36 Å². The van der Waals surface area contributed by atoms with Crippen LogP contribution in [0, 0.1) is 11.3 Å². The highest BCUT2D eigenvalue weighted by Crippen LogP contribution is 2.16. The predicted molar refractivity (Wildman–Crippen MR) is 96.1 cm³/mol. The summed E-state index contributed by atoms with van der Waals surface area (Å²) in [5, 5.41) is 11.8. The Balaban J connectivity index is 2.23. The number of nitriles is 1. The molecule has 0 spiro atoms. The van der Waals surface area contributed by atoms with Gasteiger partial charge in [-0.05, 0) is 31.5 Å². The van der Waals surface area contributed by atoms with E-state index < -0.39 is 23.7 Å². The number of amides is 1. The first-order chi connectivity index (χ1) is 11.9. The molecule has 25 heavy (non-hydrogen) atoms. The highest BCUT2D eigenvalue weighted by molar-refractivity contribution is 9.10. The molecule has 1 unspecified atom stereocenters. The van der Waals surface area contributed by atoms with Gasteiger partial charge in [-0.3, -0.25) is 14.2 Å². The molecule has 1 heterocycles. The zero-order valence-electron chi connectivity index (χ0n) is 13.8. The molecule has 0 fully saturated rings. The van der Waals surface area contributed by atoms with E-state index in [0.29, 0.717) is 6.54 Å². The van der Waals surface area contributed by atoms with Crippen molar-refractivity contribution in [3.63, 3.8) is 0 Å². The van der Waals surface area contributed by atoms with Gasteiger partial charge in [0.25, 0.3) is 5.56 Å². The van der Waals surface area contributed by atoms with Crippen LogP contribution >= 0.6 is 15.9 Å². The van der Waals surface area contributed by atoms with Crippen molar-refractivity contribution < 1.29 is 4.79 Å². The van der Waals surface area contributed by atoms with Crippen LogP contribution in [0.1, 0.15) is 31.0 Å². The van der Waals surface area contributed by atoms with Crippen LogP contribution in [-0.4, -0.2) is 15.0 Å². The largest absolute Gasteiger partial charge is 0.348 e. The molecular formula is C17H17BrN4O3. The fraction of sp³-hybridized carbons (Fsp3) is 0.294. The van der Waals surface area contributed by atoms with Crippen molar-refractivity contribution in [1.82, 2.24) is 14.5 Å². The number of nitrogens with zero attached hydrogens (tertiary/aromatic N) is 3. The van der Waals surface area contributed by atoms with Crippen LogP contribution in [0.15, 0.2) is 44.5 Å². The van der Waals surface area contributed by atoms with Crippen molar-refractivity contribution in [3.05, 3.63) is 66.9 Å². The zero-order chi connectivity index (χ0) is 18.6. The third-order valence-electron chi connectivity index (χ3n) is 3.75. The summed E-state index contributed by atoms with van der Waals surface area (Å²) in [5.74, 6) is -0.479. The number of halogens is 1. The van der Waals surface area contributed by atoms with Gasteiger partial charge in [-0.1, -0.05) is 28.1 Å². The summed E-state index contributed by atoms with van der Waals surface area (Å²) in [7, 11) is 0. The number of carbonyl (C=O) groups excluding carboxylic acids is 1. The van der Waals surface area contributed by atoms with Crippen LogP contribution in [0.4, 0.5) is 0 Å². The van der Waals surface area contributed by atoms with Crippen molar-refractivity contribution >= 4 is 21.8 Å². The van der Waals surface area contributed by atoms with E-state index in [0.717, 1.165) is 14.6 Å². The second kappa shape index (κ2) is 7.94. The highest BCUT2D eigenvalue weighted by Gasteiger charge is 2.15. The van der Waals surface area contributed by atoms with Gasteiger partial charge in [0.1, 0.15) is 18.2 Å². The van der Waals surface area contributed by atoms with E-state index in [-0.39, 0.29) is 11.6 Å². The SMILES string of the molecule is CCn1cc(C#N)c(=O)n(CC(=O)NC(C)c2ccc(Br)cc2)c1=O. The van der Waals surface area contributed by atoms with E-state index in [9.17, 15) is 14.4 Å². The third-order valence-corrected chi connectivity index (χ3v) is 4.28. The number of carbonyl (C=O) groups is 1. The molecule has 1 aromatic heterocycles. The van der Waals surface area contributed by atoms with Crippen LogP contribution in [0.2, 0.25) is 0 Å². The van der Waals surface area contributed by atoms with Crippen molar-refractivity contribution in [2.45, 2.75) is 33.0 Å². The van der Waals surface area contributed by atoms with Crippen molar-refractivity contribution in [3.8, 4) is 6.07 Å². The molecule has 1 aromatic carbocycles. The molecule has 1 amide bonds. The molecule has 2 aromatic rings. The van der Waals surface area contributed by atoms with Gasteiger partial charge in [-0.15, -0.1) is 0 Å². The van der Waals surface area contributed by atoms with E-state index in [1.54, 1.807) is 19.9 Å². The number of aryl methyl sites for hydroxylation is 1. The second-order valence-corrected chi connectivity index (χ2v) is 6.37. The Labute approximate surface area is 152 Å².